The van der Waals surface area contributed by atoms with Crippen LogP contribution in [0.2, 0.25) is 0 Å². The van der Waals surface area contributed by atoms with E-state index in [2.05, 4.69) is 36.1 Å². The van der Waals surface area contributed by atoms with Gasteiger partial charge in [0.25, 0.3) is 11.8 Å². The predicted octanol–water partition coefficient (Wildman–Crippen LogP) is 5.05. The molecule has 0 unspecified atom stereocenters. The second-order valence-electron chi connectivity index (χ2n) is 8.82. The van der Waals surface area contributed by atoms with Gasteiger partial charge in [-0.1, -0.05) is 62.2 Å². The number of benzene rings is 2. The molecule has 2 aliphatic heterocycles. The van der Waals surface area contributed by atoms with Crippen LogP contribution in [0.3, 0.4) is 0 Å². The molecule has 2 amide bonds. The first-order valence-electron chi connectivity index (χ1n) is 11.7. The number of rotatable bonds is 8. The van der Waals surface area contributed by atoms with E-state index in [-0.39, 0.29) is 17.6 Å². The van der Waals surface area contributed by atoms with Crippen LogP contribution in [0.15, 0.2) is 60.3 Å². The molecule has 0 bridgehead atoms. The molecule has 0 aromatic heterocycles. The second-order valence-corrected chi connectivity index (χ2v) is 8.82. The molecule has 5 heteroatoms. The second kappa shape index (κ2) is 10.1. The molecule has 2 aliphatic rings. The van der Waals surface area contributed by atoms with Gasteiger partial charge in [-0.15, -0.1) is 0 Å². The molecule has 32 heavy (non-hydrogen) atoms. The van der Waals surface area contributed by atoms with Crippen LogP contribution in [-0.2, 0) is 16.0 Å². The number of hydrogen-bond donors (Lipinski definition) is 0. The highest BCUT2D eigenvalue weighted by Crippen LogP contribution is 2.34. The molecule has 4 rings (SSSR count). The number of imide groups is 1. The summed E-state index contributed by atoms with van der Waals surface area (Å²) >= 11 is 0. The Kier molecular flexibility index (Phi) is 7.03. The summed E-state index contributed by atoms with van der Waals surface area (Å²) in [6, 6.07) is 16.4. The Hall–Kier alpha value is -2.95. The zero-order valence-corrected chi connectivity index (χ0v) is 18.7. The number of unbranched alkanes of at least 4 members (excludes halogenated alkanes) is 2. The van der Waals surface area contributed by atoms with E-state index >= 15 is 0 Å². The first-order chi connectivity index (χ1) is 15.6. The third-order valence-electron chi connectivity index (χ3n) is 6.56. The number of hydrogen-bond acceptors (Lipinski definition) is 3. The lowest BCUT2D eigenvalue weighted by Crippen LogP contribution is -2.39. The van der Waals surface area contributed by atoms with Gasteiger partial charge in [-0.2, -0.15) is 0 Å². The average Bonchev–Trinajstić information content (AvgIpc) is 3.06. The summed E-state index contributed by atoms with van der Waals surface area (Å²) in [6.07, 6.45) is 5.80. The Balaban J connectivity index is 1.54. The summed E-state index contributed by atoms with van der Waals surface area (Å²) < 4.78 is 13.5. The third kappa shape index (κ3) is 4.77. The summed E-state index contributed by atoms with van der Waals surface area (Å²) in [7, 11) is 0. The Morgan fingerprint density at radius 1 is 0.906 bits per heavy atom. The maximum Gasteiger partial charge on any atom is 0.277 e. The van der Waals surface area contributed by atoms with E-state index in [4.69, 9.17) is 0 Å². The van der Waals surface area contributed by atoms with Gasteiger partial charge in [0.2, 0.25) is 0 Å². The molecule has 1 saturated heterocycles. The molecule has 4 nitrogen and oxygen atoms in total. The van der Waals surface area contributed by atoms with Crippen molar-refractivity contribution in [2.45, 2.75) is 45.4 Å². The van der Waals surface area contributed by atoms with Gasteiger partial charge in [0, 0.05) is 19.6 Å². The molecule has 0 atom stereocenters. The predicted molar refractivity (Wildman–Crippen MR) is 124 cm³/mol. The standard InChI is InChI=1S/C27H31FN2O2/c1-2-3-7-16-30-26(31)24(22-10-12-23(28)13-11-22)25(27(30)32)29-17-14-21(15-18-29)19-20-8-5-4-6-9-20/h4-6,8-13,21H,2-3,7,14-19H2,1H3. The van der Waals surface area contributed by atoms with Crippen LogP contribution in [0.4, 0.5) is 4.39 Å². The lowest BCUT2D eigenvalue weighted by atomic mass is 9.89. The van der Waals surface area contributed by atoms with E-state index in [0.29, 0.717) is 29.3 Å². The highest BCUT2D eigenvalue weighted by Gasteiger charge is 2.41. The summed E-state index contributed by atoms with van der Waals surface area (Å²) in [5.41, 5.74) is 2.87. The highest BCUT2D eigenvalue weighted by atomic mass is 19.1. The first-order valence-corrected chi connectivity index (χ1v) is 11.7. The van der Waals surface area contributed by atoms with Crippen LogP contribution in [0.1, 0.15) is 50.2 Å². The van der Waals surface area contributed by atoms with E-state index in [1.165, 1.54) is 22.6 Å². The van der Waals surface area contributed by atoms with E-state index in [1.54, 1.807) is 12.1 Å². The Morgan fingerprint density at radius 3 is 2.25 bits per heavy atom. The highest BCUT2D eigenvalue weighted by molar-refractivity contribution is 6.35. The first kappa shape index (κ1) is 22.3. The molecule has 1 fully saturated rings. The van der Waals surface area contributed by atoms with Crippen molar-refractivity contribution >= 4 is 17.4 Å². The van der Waals surface area contributed by atoms with Crippen molar-refractivity contribution in [3.8, 4) is 0 Å². The average molecular weight is 435 g/mol. The molecule has 0 N–H and O–H groups in total. The molecule has 2 heterocycles. The van der Waals surface area contributed by atoms with E-state index in [1.807, 2.05) is 6.07 Å². The van der Waals surface area contributed by atoms with E-state index in [0.717, 1.165) is 51.6 Å². The van der Waals surface area contributed by atoms with Gasteiger partial charge in [-0.05, 0) is 54.9 Å². The largest absolute Gasteiger partial charge is 0.366 e. The van der Waals surface area contributed by atoms with Crippen molar-refractivity contribution < 1.29 is 14.0 Å². The fourth-order valence-electron chi connectivity index (χ4n) is 4.76. The van der Waals surface area contributed by atoms with Crippen molar-refractivity contribution in [1.29, 1.82) is 0 Å². The Bertz CT molecular complexity index is 976. The SMILES string of the molecule is CCCCCN1C(=O)C(c2ccc(F)cc2)=C(N2CCC(Cc3ccccc3)CC2)C1=O. The number of piperidine rings is 1. The number of amides is 2. The summed E-state index contributed by atoms with van der Waals surface area (Å²) in [5.74, 6) is -0.239. The number of likely N-dealkylation sites (tertiary alicyclic amines) is 1. The zero-order chi connectivity index (χ0) is 22.5. The molecule has 168 valence electrons. The quantitative estimate of drug-likeness (QED) is 0.431. The summed E-state index contributed by atoms with van der Waals surface area (Å²) in [5, 5.41) is 0. The van der Waals surface area contributed by atoms with Crippen LogP contribution in [0.5, 0.6) is 0 Å². The molecular weight excluding hydrogens is 403 g/mol. The molecule has 0 spiro atoms. The van der Waals surface area contributed by atoms with Crippen molar-refractivity contribution in [3.05, 3.63) is 77.2 Å². The van der Waals surface area contributed by atoms with Crippen molar-refractivity contribution in [2.24, 2.45) is 5.92 Å². The van der Waals surface area contributed by atoms with Gasteiger partial charge < -0.3 is 4.90 Å². The third-order valence-corrected chi connectivity index (χ3v) is 6.56. The molecule has 0 aliphatic carbocycles. The van der Waals surface area contributed by atoms with Gasteiger partial charge >= 0.3 is 0 Å². The maximum atomic E-state index is 13.5. The minimum absolute atomic E-state index is 0.202. The lowest BCUT2D eigenvalue weighted by Gasteiger charge is -2.34. The number of nitrogens with zero attached hydrogens (tertiary/aromatic N) is 2. The fraction of sp³-hybridized carbons (Fsp3) is 0.407. The molecule has 0 radical (unpaired) electrons. The van der Waals surface area contributed by atoms with Gasteiger partial charge in [-0.25, -0.2) is 4.39 Å². The summed E-state index contributed by atoms with van der Waals surface area (Å²) in [6.45, 7) is 4.03. The minimum atomic E-state index is -0.353. The minimum Gasteiger partial charge on any atom is -0.366 e. The maximum absolute atomic E-state index is 13.5. The van der Waals surface area contributed by atoms with Gasteiger partial charge in [0.1, 0.15) is 11.5 Å². The number of halogens is 1. The molecule has 2 aromatic carbocycles. The fourth-order valence-corrected chi connectivity index (χ4v) is 4.76. The van der Waals surface area contributed by atoms with Crippen molar-refractivity contribution in [3.63, 3.8) is 0 Å². The summed E-state index contributed by atoms with van der Waals surface area (Å²) in [4.78, 5) is 30.1. The number of carbonyl (C=O) groups excluding carboxylic acids is 2. The van der Waals surface area contributed by atoms with Crippen LogP contribution < -0.4 is 0 Å². The lowest BCUT2D eigenvalue weighted by molar-refractivity contribution is -0.137. The Morgan fingerprint density at radius 2 is 1.59 bits per heavy atom. The van der Waals surface area contributed by atoms with Crippen LogP contribution >= 0.6 is 0 Å². The topological polar surface area (TPSA) is 40.6 Å². The molecular formula is C27H31FN2O2. The monoisotopic (exact) mass is 434 g/mol. The smallest absolute Gasteiger partial charge is 0.277 e. The van der Waals surface area contributed by atoms with Gasteiger partial charge in [-0.3, -0.25) is 14.5 Å². The van der Waals surface area contributed by atoms with Crippen molar-refractivity contribution in [1.82, 2.24) is 9.80 Å². The van der Waals surface area contributed by atoms with Gasteiger partial charge in [0.15, 0.2) is 0 Å². The van der Waals surface area contributed by atoms with Gasteiger partial charge in [0.05, 0.1) is 5.57 Å². The molecule has 0 saturated carbocycles. The molecule has 2 aromatic rings. The van der Waals surface area contributed by atoms with Crippen molar-refractivity contribution in [2.75, 3.05) is 19.6 Å². The number of carbonyl (C=O) groups is 2. The van der Waals surface area contributed by atoms with E-state index in [9.17, 15) is 14.0 Å². The van der Waals surface area contributed by atoms with E-state index < -0.39 is 0 Å². The zero-order valence-electron chi connectivity index (χ0n) is 18.7. The van der Waals surface area contributed by atoms with Crippen LogP contribution in [0.25, 0.3) is 5.57 Å². The Labute approximate surface area is 189 Å². The normalized spacial score (nSPS) is 17.6. The van der Waals surface area contributed by atoms with Crippen LogP contribution in [0, 0.1) is 11.7 Å². The van der Waals surface area contributed by atoms with Crippen LogP contribution in [-0.4, -0.2) is 41.2 Å².